The molecular formula is C14H11BrF2O2. The third kappa shape index (κ3) is 4.52. The van der Waals surface area contributed by atoms with Crippen LogP contribution in [0.2, 0.25) is 0 Å². The van der Waals surface area contributed by atoms with Gasteiger partial charge in [-0.05, 0) is 24.3 Å². The van der Waals surface area contributed by atoms with E-state index in [2.05, 4.69) is 15.9 Å². The first-order valence-corrected chi connectivity index (χ1v) is 6.40. The second-order valence-electron chi connectivity index (χ2n) is 3.76. The van der Waals surface area contributed by atoms with Crippen LogP contribution >= 0.6 is 15.9 Å². The van der Waals surface area contributed by atoms with E-state index in [1.807, 2.05) is 24.3 Å². The van der Waals surface area contributed by atoms with E-state index in [4.69, 9.17) is 9.47 Å². The molecule has 0 N–H and O–H groups in total. The predicted octanol–water partition coefficient (Wildman–Crippen LogP) is 4.19. The van der Waals surface area contributed by atoms with Crippen molar-refractivity contribution in [3.8, 4) is 11.5 Å². The van der Waals surface area contributed by atoms with Gasteiger partial charge in [0.25, 0.3) is 0 Å². The Kier molecular flexibility index (Phi) is 4.74. The number of rotatable bonds is 5. The van der Waals surface area contributed by atoms with Gasteiger partial charge in [-0.2, -0.15) is 0 Å². The summed E-state index contributed by atoms with van der Waals surface area (Å²) in [4.78, 5) is 0. The topological polar surface area (TPSA) is 18.5 Å². The molecule has 0 heterocycles. The minimum atomic E-state index is -0.663. The zero-order valence-electron chi connectivity index (χ0n) is 9.91. The summed E-state index contributed by atoms with van der Waals surface area (Å²) in [5, 5.41) is 0. The first-order chi connectivity index (χ1) is 9.13. The minimum absolute atomic E-state index is 0.150. The standard InChI is InChI=1S/C14H11BrF2O2/c15-10-1-3-13(4-2-10)18-5-6-19-14-8-11(16)7-12(17)9-14/h1-4,7-9H,5-6H2. The van der Waals surface area contributed by atoms with Crippen LogP contribution in [0.3, 0.4) is 0 Å². The maximum Gasteiger partial charge on any atom is 0.129 e. The largest absolute Gasteiger partial charge is 0.490 e. The molecule has 2 aromatic carbocycles. The third-order valence-electron chi connectivity index (χ3n) is 2.27. The number of hydrogen-bond acceptors (Lipinski definition) is 2. The Morgan fingerprint density at radius 2 is 1.32 bits per heavy atom. The van der Waals surface area contributed by atoms with Crippen molar-refractivity contribution >= 4 is 15.9 Å². The van der Waals surface area contributed by atoms with E-state index in [-0.39, 0.29) is 12.4 Å². The fourth-order valence-corrected chi connectivity index (χ4v) is 1.73. The van der Waals surface area contributed by atoms with Gasteiger partial charge >= 0.3 is 0 Å². The van der Waals surface area contributed by atoms with E-state index in [0.717, 1.165) is 22.7 Å². The van der Waals surface area contributed by atoms with E-state index < -0.39 is 11.6 Å². The number of halogens is 3. The quantitative estimate of drug-likeness (QED) is 0.766. The van der Waals surface area contributed by atoms with Gasteiger partial charge in [0.15, 0.2) is 0 Å². The Labute approximate surface area is 118 Å². The predicted molar refractivity (Wildman–Crippen MR) is 71.5 cm³/mol. The van der Waals surface area contributed by atoms with Gasteiger partial charge in [-0.1, -0.05) is 15.9 Å². The molecular weight excluding hydrogens is 318 g/mol. The van der Waals surface area contributed by atoms with E-state index in [0.29, 0.717) is 12.4 Å². The van der Waals surface area contributed by atoms with Crippen molar-refractivity contribution in [2.45, 2.75) is 0 Å². The molecule has 0 saturated carbocycles. The summed E-state index contributed by atoms with van der Waals surface area (Å²) in [6.07, 6.45) is 0. The van der Waals surface area contributed by atoms with Crippen molar-refractivity contribution in [2.75, 3.05) is 13.2 Å². The molecule has 2 nitrogen and oxygen atoms in total. The lowest BCUT2D eigenvalue weighted by Crippen LogP contribution is -2.09. The minimum Gasteiger partial charge on any atom is -0.490 e. The zero-order valence-corrected chi connectivity index (χ0v) is 11.5. The van der Waals surface area contributed by atoms with Crippen molar-refractivity contribution in [3.05, 3.63) is 58.6 Å². The van der Waals surface area contributed by atoms with Crippen LogP contribution in [0.1, 0.15) is 0 Å². The summed E-state index contributed by atoms with van der Waals surface area (Å²) < 4.78 is 37.3. The average Bonchev–Trinajstić information content (AvgIpc) is 2.36. The summed E-state index contributed by atoms with van der Waals surface area (Å²) in [5.41, 5.74) is 0. The molecule has 0 aromatic heterocycles. The summed E-state index contributed by atoms with van der Waals surface area (Å²) in [5.74, 6) is -0.471. The first kappa shape index (κ1) is 13.8. The van der Waals surface area contributed by atoms with E-state index in [9.17, 15) is 8.78 Å². The number of ether oxygens (including phenoxy) is 2. The maximum absolute atomic E-state index is 12.9. The third-order valence-corrected chi connectivity index (χ3v) is 2.80. The molecule has 5 heteroatoms. The number of benzene rings is 2. The van der Waals surface area contributed by atoms with Crippen LogP contribution in [0.15, 0.2) is 46.9 Å². The van der Waals surface area contributed by atoms with Crippen LogP contribution in [-0.4, -0.2) is 13.2 Å². The Bertz CT molecular complexity index is 523. The highest BCUT2D eigenvalue weighted by Gasteiger charge is 2.01. The lowest BCUT2D eigenvalue weighted by atomic mass is 10.3. The fourth-order valence-electron chi connectivity index (χ4n) is 1.46. The van der Waals surface area contributed by atoms with Crippen molar-refractivity contribution in [2.24, 2.45) is 0 Å². The fraction of sp³-hybridized carbons (Fsp3) is 0.143. The highest BCUT2D eigenvalue weighted by atomic mass is 79.9. The molecule has 2 rings (SSSR count). The molecule has 0 aliphatic heterocycles. The van der Waals surface area contributed by atoms with Gasteiger partial charge in [0.2, 0.25) is 0 Å². The van der Waals surface area contributed by atoms with Crippen LogP contribution < -0.4 is 9.47 Å². The van der Waals surface area contributed by atoms with Crippen molar-refractivity contribution < 1.29 is 18.3 Å². The molecule has 0 saturated heterocycles. The van der Waals surface area contributed by atoms with Gasteiger partial charge < -0.3 is 9.47 Å². The van der Waals surface area contributed by atoms with Gasteiger partial charge in [0.05, 0.1) is 0 Å². The summed E-state index contributed by atoms with van der Waals surface area (Å²) in [6.45, 7) is 0.499. The molecule has 0 unspecified atom stereocenters. The molecule has 19 heavy (non-hydrogen) atoms. The SMILES string of the molecule is Fc1cc(F)cc(OCCOc2ccc(Br)cc2)c1. The highest BCUT2D eigenvalue weighted by Crippen LogP contribution is 2.17. The molecule has 0 aliphatic carbocycles. The monoisotopic (exact) mass is 328 g/mol. The van der Waals surface area contributed by atoms with Gasteiger partial charge in [-0.25, -0.2) is 8.78 Å². The highest BCUT2D eigenvalue weighted by molar-refractivity contribution is 9.10. The molecule has 0 amide bonds. The Hall–Kier alpha value is -1.62. The van der Waals surface area contributed by atoms with Gasteiger partial charge in [0.1, 0.15) is 36.3 Å². The van der Waals surface area contributed by atoms with E-state index >= 15 is 0 Å². The van der Waals surface area contributed by atoms with E-state index in [1.165, 1.54) is 0 Å². The second-order valence-corrected chi connectivity index (χ2v) is 4.67. The van der Waals surface area contributed by atoms with Gasteiger partial charge in [-0.15, -0.1) is 0 Å². The molecule has 0 atom stereocenters. The maximum atomic E-state index is 12.9. The number of hydrogen-bond donors (Lipinski definition) is 0. The molecule has 2 aromatic rings. The Morgan fingerprint density at radius 1 is 0.789 bits per heavy atom. The van der Waals surface area contributed by atoms with E-state index in [1.54, 1.807) is 0 Å². The summed E-state index contributed by atoms with van der Waals surface area (Å²) in [6, 6.07) is 10.4. The van der Waals surface area contributed by atoms with Crippen molar-refractivity contribution in [1.29, 1.82) is 0 Å². The zero-order chi connectivity index (χ0) is 13.7. The second kappa shape index (κ2) is 6.52. The normalized spacial score (nSPS) is 10.3. The summed E-state index contributed by atoms with van der Waals surface area (Å²) in [7, 11) is 0. The Morgan fingerprint density at radius 3 is 1.89 bits per heavy atom. The average molecular weight is 329 g/mol. The smallest absolute Gasteiger partial charge is 0.129 e. The lowest BCUT2D eigenvalue weighted by Gasteiger charge is -2.08. The Balaban J connectivity index is 1.79. The van der Waals surface area contributed by atoms with Crippen LogP contribution in [0.5, 0.6) is 11.5 Å². The summed E-state index contributed by atoms with van der Waals surface area (Å²) >= 11 is 3.32. The molecule has 0 fully saturated rings. The van der Waals surface area contributed by atoms with Gasteiger partial charge in [0, 0.05) is 22.7 Å². The molecule has 0 spiro atoms. The molecule has 100 valence electrons. The van der Waals surface area contributed by atoms with Crippen LogP contribution in [0.25, 0.3) is 0 Å². The molecule has 0 aliphatic rings. The van der Waals surface area contributed by atoms with Crippen LogP contribution in [-0.2, 0) is 0 Å². The van der Waals surface area contributed by atoms with Gasteiger partial charge in [-0.3, -0.25) is 0 Å². The molecule has 0 bridgehead atoms. The first-order valence-electron chi connectivity index (χ1n) is 5.61. The van der Waals surface area contributed by atoms with Crippen LogP contribution in [0.4, 0.5) is 8.78 Å². The van der Waals surface area contributed by atoms with Crippen molar-refractivity contribution in [1.82, 2.24) is 0 Å². The van der Waals surface area contributed by atoms with Crippen molar-refractivity contribution in [3.63, 3.8) is 0 Å². The lowest BCUT2D eigenvalue weighted by molar-refractivity contribution is 0.216. The molecule has 0 radical (unpaired) electrons. The van der Waals surface area contributed by atoms with Crippen LogP contribution in [0, 0.1) is 11.6 Å².